The molecule has 1 heterocycles. The van der Waals surface area contributed by atoms with Crippen molar-refractivity contribution >= 4 is 11.6 Å². The number of hydrogen-bond acceptors (Lipinski definition) is 4. The van der Waals surface area contributed by atoms with Gasteiger partial charge in [0.05, 0.1) is 5.56 Å². The fraction of sp³-hybridized carbons (Fsp3) is 0.0526. The molecular formula is C19H12O4. The van der Waals surface area contributed by atoms with E-state index in [1.807, 2.05) is 6.07 Å². The summed E-state index contributed by atoms with van der Waals surface area (Å²) in [6.45, 7) is 0. The van der Waals surface area contributed by atoms with Gasteiger partial charge in [-0.1, -0.05) is 54.6 Å². The molecule has 1 atom stereocenters. The second-order valence-electron chi connectivity index (χ2n) is 5.41. The Morgan fingerprint density at radius 3 is 2.09 bits per heavy atom. The molecule has 4 rings (SSSR count). The van der Waals surface area contributed by atoms with Gasteiger partial charge < -0.3 is 9.52 Å². The molecule has 2 aromatic carbocycles. The van der Waals surface area contributed by atoms with Gasteiger partial charge in [0.2, 0.25) is 5.78 Å². The average Bonchev–Trinajstić information content (AvgIpc) is 3.05. The first-order valence-electron chi connectivity index (χ1n) is 7.22. The number of furan rings is 1. The van der Waals surface area contributed by atoms with E-state index in [4.69, 9.17) is 4.42 Å². The van der Waals surface area contributed by atoms with Gasteiger partial charge in [0.15, 0.2) is 11.5 Å². The summed E-state index contributed by atoms with van der Waals surface area (Å²) in [4.78, 5) is 25.0. The van der Waals surface area contributed by atoms with Crippen molar-refractivity contribution in [3.63, 3.8) is 0 Å². The molecule has 0 spiro atoms. The van der Waals surface area contributed by atoms with Crippen molar-refractivity contribution in [1.29, 1.82) is 0 Å². The third kappa shape index (κ3) is 2.04. The SMILES string of the molecule is O=C1c2ccccc2C(=O)c2oc(C(O)c3ccccc3)cc21. The Kier molecular flexibility index (Phi) is 2.99. The number of rotatable bonds is 2. The predicted octanol–water partition coefficient (Wildman–Crippen LogP) is 3.14. The Balaban J connectivity index is 1.81. The van der Waals surface area contributed by atoms with Crippen LogP contribution in [0.5, 0.6) is 0 Å². The minimum absolute atomic E-state index is 0.00122. The standard InChI is InChI=1S/C19H12O4/c20-16(11-6-2-1-3-7-11)15-10-14-17(21)12-8-4-5-9-13(12)18(22)19(14)23-15/h1-10,16,20H. The summed E-state index contributed by atoms with van der Waals surface area (Å²) in [6, 6.07) is 17.1. The lowest BCUT2D eigenvalue weighted by molar-refractivity contribution is 0.0955. The third-order valence-corrected chi connectivity index (χ3v) is 4.00. The summed E-state index contributed by atoms with van der Waals surface area (Å²) in [6.07, 6.45) is -1.02. The molecule has 0 aliphatic heterocycles. The van der Waals surface area contributed by atoms with Crippen LogP contribution in [0.2, 0.25) is 0 Å². The van der Waals surface area contributed by atoms with Crippen molar-refractivity contribution in [2.24, 2.45) is 0 Å². The van der Waals surface area contributed by atoms with Crippen LogP contribution in [0, 0.1) is 0 Å². The molecule has 3 aromatic rings. The smallest absolute Gasteiger partial charge is 0.229 e. The van der Waals surface area contributed by atoms with E-state index in [1.165, 1.54) is 6.07 Å². The van der Waals surface area contributed by atoms with E-state index in [-0.39, 0.29) is 28.7 Å². The van der Waals surface area contributed by atoms with Crippen LogP contribution in [0.3, 0.4) is 0 Å². The predicted molar refractivity (Wildman–Crippen MR) is 82.5 cm³/mol. The summed E-state index contributed by atoms with van der Waals surface area (Å²) in [7, 11) is 0. The first kappa shape index (κ1) is 13.7. The Labute approximate surface area is 132 Å². The summed E-state index contributed by atoms with van der Waals surface area (Å²) < 4.78 is 5.54. The van der Waals surface area contributed by atoms with Crippen LogP contribution in [0.4, 0.5) is 0 Å². The number of hydrogen-bond donors (Lipinski definition) is 1. The topological polar surface area (TPSA) is 67.5 Å². The lowest BCUT2D eigenvalue weighted by Crippen LogP contribution is -2.18. The largest absolute Gasteiger partial charge is 0.454 e. The van der Waals surface area contributed by atoms with Crippen LogP contribution in [0.15, 0.2) is 65.1 Å². The van der Waals surface area contributed by atoms with Crippen LogP contribution in [-0.2, 0) is 0 Å². The maximum atomic E-state index is 12.5. The molecule has 0 bridgehead atoms. The normalized spacial score (nSPS) is 14.3. The molecule has 112 valence electrons. The molecule has 1 aromatic heterocycles. The highest BCUT2D eigenvalue weighted by Crippen LogP contribution is 2.33. The number of carbonyl (C=O) groups is 2. The van der Waals surface area contributed by atoms with Crippen LogP contribution < -0.4 is 0 Å². The average molecular weight is 304 g/mol. The van der Waals surface area contributed by atoms with Crippen molar-refractivity contribution in [2.75, 3.05) is 0 Å². The monoisotopic (exact) mass is 304 g/mol. The molecule has 1 unspecified atom stereocenters. The molecule has 0 amide bonds. The third-order valence-electron chi connectivity index (χ3n) is 4.00. The summed E-state index contributed by atoms with van der Waals surface area (Å²) >= 11 is 0. The summed E-state index contributed by atoms with van der Waals surface area (Å²) in [5.74, 6) is -0.401. The van der Waals surface area contributed by atoms with Gasteiger partial charge in [0.25, 0.3) is 0 Å². The molecule has 1 aliphatic rings. The van der Waals surface area contributed by atoms with Gasteiger partial charge in [-0.15, -0.1) is 0 Å². The van der Waals surface area contributed by atoms with Crippen molar-refractivity contribution < 1.29 is 19.1 Å². The zero-order chi connectivity index (χ0) is 16.0. The number of benzene rings is 2. The second kappa shape index (κ2) is 5.04. The van der Waals surface area contributed by atoms with Gasteiger partial charge >= 0.3 is 0 Å². The molecular weight excluding hydrogens is 292 g/mol. The number of aliphatic hydroxyl groups is 1. The van der Waals surface area contributed by atoms with Crippen LogP contribution >= 0.6 is 0 Å². The zero-order valence-electron chi connectivity index (χ0n) is 12.0. The van der Waals surface area contributed by atoms with Crippen LogP contribution in [0.25, 0.3) is 0 Å². The lowest BCUT2D eigenvalue weighted by Gasteiger charge is -2.11. The van der Waals surface area contributed by atoms with Gasteiger partial charge in [0, 0.05) is 11.1 Å². The number of fused-ring (bicyclic) bond motifs is 2. The number of ketones is 2. The zero-order valence-corrected chi connectivity index (χ0v) is 12.0. The van der Waals surface area contributed by atoms with Gasteiger partial charge in [-0.05, 0) is 11.6 Å². The van der Waals surface area contributed by atoms with Gasteiger partial charge in [-0.2, -0.15) is 0 Å². The number of carbonyl (C=O) groups excluding carboxylic acids is 2. The Bertz CT molecular complexity index is 869. The van der Waals surface area contributed by atoms with E-state index in [2.05, 4.69) is 0 Å². The summed E-state index contributed by atoms with van der Waals surface area (Å²) in [5, 5.41) is 10.4. The quantitative estimate of drug-likeness (QED) is 0.618. The fourth-order valence-corrected chi connectivity index (χ4v) is 2.83. The molecule has 0 radical (unpaired) electrons. The van der Waals surface area contributed by atoms with E-state index >= 15 is 0 Å². The Hall–Kier alpha value is -2.98. The van der Waals surface area contributed by atoms with Crippen molar-refractivity contribution in [3.05, 3.63) is 94.4 Å². The first-order valence-corrected chi connectivity index (χ1v) is 7.22. The van der Waals surface area contributed by atoms with Gasteiger partial charge in [0.1, 0.15) is 11.9 Å². The van der Waals surface area contributed by atoms with E-state index in [9.17, 15) is 14.7 Å². The molecule has 1 N–H and O–H groups in total. The van der Waals surface area contributed by atoms with Gasteiger partial charge in [-0.25, -0.2) is 0 Å². The van der Waals surface area contributed by atoms with Gasteiger partial charge in [-0.3, -0.25) is 9.59 Å². The number of aliphatic hydroxyl groups excluding tert-OH is 1. The van der Waals surface area contributed by atoms with E-state index in [1.54, 1.807) is 48.5 Å². The maximum absolute atomic E-state index is 12.5. The molecule has 23 heavy (non-hydrogen) atoms. The molecule has 4 nitrogen and oxygen atoms in total. The molecule has 0 fully saturated rings. The molecule has 0 saturated carbocycles. The highest BCUT2D eigenvalue weighted by molar-refractivity contribution is 6.27. The first-order chi connectivity index (χ1) is 11.2. The van der Waals surface area contributed by atoms with E-state index < -0.39 is 6.10 Å². The highest BCUT2D eigenvalue weighted by atomic mass is 16.4. The minimum Gasteiger partial charge on any atom is -0.454 e. The maximum Gasteiger partial charge on any atom is 0.229 e. The lowest BCUT2D eigenvalue weighted by atomic mass is 9.88. The van der Waals surface area contributed by atoms with E-state index in [0.29, 0.717) is 16.7 Å². The molecule has 4 heteroatoms. The Morgan fingerprint density at radius 1 is 0.783 bits per heavy atom. The van der Waals surface area contributed by atoms with E-state index in [0.717, 1.165) is 0 Å². The van der Waals surface area contributed by atoms with Crippen LogP contribution in [-0.4, -0.2) is 16.7 Å². The molecule has 1 aliphatic carbocycles. The van der Waals surface area contributed by atoms with Crippen molar-refractivity contribution in [2.45, 2.75) is 6.10 Å². The van der Waals surface area contributed by atoms with Crippen molar-refractivity contribution in [1.82, 2.24) is 0 Å². The highest BCUT2D eigenvalue weighted by Gasteiger charge is 2.34. The fourth-order valence-electron chi connectivity index (χ4n) is 2.83. The minimum atomic E-state index is -1.02. The Morgan fingerprint density at radius 2 is 1.39 bits per heavy atom. The van der Waals surface area contributed by atoms with Crippen molar-refractivity contribution in [3.8, 4) is 0 Å². The summed E-state index contributed by atoms with van der Waals surface area (Å²) in [5.41, 5.74) is 1.54. The second-order valence-corrected chi connectivity index (χ2v) is 5.41. The molecule has 0 saturated heterocycles. The van der Waals surface area contributed by atoms with Crippen LogP contribution in [0.1, 0.15) is 49.5 Å².